The summed E-state index contributed by atoms with van der Waals surface area (Å²) < 4.78 is 6.39. The standard InChI is InChI=1S/C23H28N6OS/c1-16-22(31-28-10-11-29-19(15-28)7-9-26-29)12-21(27(16)2)23(30)25-13-18-5-3-4-17-6-8-24-14-20(17)18/h3-5,7,9,12,24H,6,8,10-11,13-15H2,1-2H3,(H,25,30). The van der Waals surface area contributed by atoms with E-state index in [1.54, 1.807) is 11.9 Å². The summed E-state index contributed by atoms with van der Waals surface area (Å²) in [5.74, 6) is -0.0319. The van der Waals surface area contributed by atoms with Gasteiger partial charge in [0, 0.05) is 43.5 Å². The Morgan fingerprint density at radius 2 is 2.19 bits per heavy atom. The maximum Gasteiger partial charge on any atom is 0.268 e. The van der Waals surface area contributed by atoms with Gasteiger partial charge in [0.1, 0.15) is 5.69 Å². The lowest BCUT2D eigenvalue weighted by atomic mass is 9.96. The molecule has 0 bridgehead atoms. The maximum absolute atomic E-state index is 13.0. The Bertz CT molecular complexity index is 1120. The van der Waals surface area contributed by atoms with Crippen LogP contribution in [0.4, 0.5) is 0 Å². The molecule has 0 unspecified atom stereocenters. The molecule has 2 N–H and O–H groups in total. The average molecular weight is 437 g/mol. The van der Waals surface area contributed by atoms with Gasteiger partial charge in [0.05, 0.1) is 18.8 Å². The zero-order valence-corrected chi connectivity index (χ0v) is 18.8. The van der Waals surface area contributed by atoms with Crippen LogP contribution in [0.1, 0.15) is 38.6 Å². The molecular formula is C23H28N6OS. The Morgan fingerprint density at radius 3 is 3.10 bits per heavy atom. The number of nitrogens with zero attached hydrogens (tertiary/aromatic N) is 4. The van der Waals surface area contributed by atoms with Crippen molar-refractivity contribution in [2.24, 2.45) is 7.05 Å². The van der Waals surface area contributed by atoms with Crippen molar-refractivity contribution in [1.29, 1.82) is 0 Å². The molecule has 7 nitrogen and oxygen atoms in total. The molecule has 1 amide bonds. The normalized spacial score (nSPS) is 16.1. The predicted molar refractivity (Wildman–Crippen MR) is 122 cm³/mol. The highest BCUT2D eigenvalue weighted by Crippen LogP contribution is 2.31. The zero-order valence-electron chi connectivity index (χ0n) is 18.0. The first-order valence-corrected chi connectivity index (χ1v) is 11.6. The van der Waals surface area contributed by atoms with E-state index >= 15 is 0 Å². The van der Waals surface area contributed by atoms with E-state index in [9.17, 15) is 4.79 Å². The summed E-state index contributed by atoms with van der Waals surface area (Å²) in [5, 5.41) is 10.9. The SMILES string of the molecule is Cc1c(SN2CCn3nccc3C2)cc(C(=O)NCc2cccc3c2CNCC3)n1C. The van der Waals surface area contributed by atoms with E-state index in [0.717, 1.165) is 49.7 Å². The van der Waals surface area contributed by atoms with Crippen molar-refractivity contribution in [3.8, 4) is 0 Å². The van der Waals surface area contributed by atoms with Crippen LogP contribution in [-0.4, -0.2) is 37.6 Å². The number of hydrogen-bond donors (Lipinski definition) is 2. The number of rotatable bonds is 5. The van der Waals surface area contributed by atoms with Crippen molar-refractivity contribution >= 4 is 17.9 Å². The van der Waals surface area contributed by atoms with Gasteiger partial charge in [-0.1, -0.05) is 18.2 Å². The average Bonchev–Trinajstić information content (AvgIpc) is 3.37. The predicted octanol–water partition coefficient (Wildman–Crippen LogP) is 2.63. The van der Waals surface area contributed by atoms with E-state index in [4.69, 9.17) is 0 Å². The highest BCUT2D eigenvalue weighted by molar-refractivity contribution is 7.97. The van der Waals surface area contributed by atoms with Gasteiger partial charge in [-0.2, -0.15) is 5.10 Å². The van der Waals surface area contributed by atoms with Crippen molar-refractivity contribution in [2.75, 3.05) is 13.1 Å². The van der Waals surface area contributed by atoms with E-state index in [1.165, 1.54) is 22.4 Å². The molecular weight excluding hydrogens is 408 g/mol. The van der Waals surface area contributed by atoms with Crippen molar-refractivity contribution in [3.63, 3.8) is 0 Å². The second kappa shape index (κ2) is 8.53. The summed E-state index contributed by atoms with van der Waals surface area (Å²) in [6.07, 6.45) is 2.91. The number of amides is 1. The largest absolute Gasteiger partial charge is 0.347 e. The molecule has 3 aromatic rings. The molecule has 2 aromatic heterocycles. The Morgan fingerprint density at radius 1 is 1.29 bits per heavy atom. The fraction of sp³-hybridized carbons (Fsp3) is 0.391. The van der Waals surface area contributed by atoms with Gasteiger partial charge < -0.3 is 15.2 Å². The third kappa shape index (κ3) is 4.03. The lowest BCUT2D eigenvalue weighted by molar-refractivity contribution is 0.0942. The van der Waals surface area contributed by atoms with Gasteiger partial charge in [0.2, 0.25) is 0 Å². The first-order valence-electron chi connectivity index (χ1n) is 10.8. The quantitative estimate of drug-likeness (QED) is 0.602. The Labute approximate surface area is 186 Å². The molecule has 31 heavy (non-hydrogen) atoms. The third-order valence-corrected chi connectivity index (χ3v) is 7.52. The zero-order chi connectivity index (χ0) is 21.4. The second-order valence-corrected chi connectivity index (χ2v) is 9.34. The highest BCUT2D eigenvalue weighted by atomic mass is 32.2. The van der Waals surface area contributed by atoms with Gasteiger partial charge >= 0.3 is 0 Å². The van der Waals surface area contributed by atoms with Crippen LogP contribution in [-0.2, 0) is 39.6 Å². The van der Waals surface area contributed by atoms with Crippen LogP contribution in [0.2, 0.25) is 0 Å². The van der Waals surface area contributed by atoms with Crippen LogP contribution in [0.15, 0.2) is 41.4 Å². The van der Waals surface area contributed by atoms with Crippen molar-refractivity contribution in [3.05, 3.63) is 70.3 Å². The monoisotopic (exact) mass is 436 g/mol. The fourth-order valence-electron chi connectivity index (χ4n) is 4.38. The number of fused-ring (bicyclic) bond motifs is 2. The van der Waals surface area contributed by atoms with Crippen LogP contribution in [0.5, 0.6) is 0 Å². The van der Waals surface area contributed by atoms with Crippen LogP contribution < -0.4 is 10.6 Å². The second-order valence-electron chi connectivity index (χ2n) is 8.20. The summed E-state index contributed by atoms with van der Waals surface area (Å²) in [7, 11) is 1.97. The van der Waals surface area contributed by atoms with E-state index in [0.29, 0.717) is 12.2 Å². The van der Waals surface area contributed by atoms with E-state index < -0.39 is 0 Å². The number of nitrogens with one attached hydrogen (secondary N) is 2. The van der Waals surface area contributed by atoms with Gasteiger partial charge in [-0.15, -0.1) is 0 Å². The van der Waals surface area contributed by atoms with Crippen LogP contribution >= 0.6 is 11.9 Å². The van der Waals surface area contributed by atoms with Gasteiger partial charge in [-0.05, 0) is 60.7 Å². The Kier molecular flexibility index (Phi) is 5.60. The van der Waals surface area contributed by atoms with E-state index in [2.05, 4.69) is 55.9 Å². The van der Waals surface area contributed by atoms with Gasteiger partial charge in [0.15, 0.2) is 0 Å². The summed E-state index contributed by atoms with van der Waals surface area (Å²) >= 11 is 1.73. The summed E-state index contributed by atoms with van der Waals surface area (Å²) in [6.45, 7) is 7.20. The van der Waals surface area contributed by atoms with Crippen LogP contribution in [0.25, 0.3) is 0 Å². The topological polar surface area (TPSA) is 67.1 Å². The number of aromatic nitrogens is 3. The molecule has 4 heterocycles. The molecule has 0 fully saturated rings. The molecule has 8 heteroatoms. The summed E-state index contributed by atoms with van der Waals surface area (Å²) in [5.41, 5.74) is 6.95. The van der Waals surface area contributed by atoms with E-state index in [-0.39, 0.29) is 5.91 Å². The van der Waals surface area contributed by atoms with Gasteiger partial charge in [-0.25, -0.2) is 4.31 Å². The number of carbonyl (C=O) groups excluding carboxylic acids is 1. The first kappa shape index (κ1) is 20.4. The number of hydrogen-bond acceptors (Lipinski definition) is 5. The summed E-state index contributed by atoms with van der Waals surface area (Å²) in [6, 6.07) is 10.5. The Balaban J connectivity index is 1.27. The molecule has 0 spiro atoms. The van der Waals surface area contributed by atoms with Crippen molar-refractivity contribution in [2.45, 2.75) is 44.4 Å². The molecule has 0 saturated carbocycles. The minimum Gasteiger partial charge on any atom is -0.347 e. The molecule has 0 saturated heterocycles. The fourth-order valence-corrected chi connectivity index (χ4v) is 5.46. The third-order valence-electron chi connectivity index (χ3n) is 6.34. The van der Waals surface area contributed by atoms with Gasteiger partial charge in [0.25, 0.3) is 5.91 Å². The molecule has 1 aromatic carbocycles. The van der Waals surface area contributed by atoms with Gasteiger partial charge in [-0.3, -0.25) is 9.48 Å². The molecule has 5 rings (SSSR count). The number of carbonyl (C=O) groups is 1. The summed E-state index contributed by atoms with van der Waals surface area (Å²) in [4.78, 5) is 14.1. The molecule has 0 atom stereocenters. The van der Waals surface area contributed by atoms with Crippen molar-refractivity contribution < 1.29 is 4.79 Å². The highest BCUT2D eigenvalue weighted by Gasteiger charge is 2.22. The first-order chi connectivity index (χ1) is 15.1. The van der Waals surface area contributed by atoms with Crippen LogP contribution in [0.3, 0.4) is 0 Å². The van der Waals surface area contributed by atoms with E-state index in [1.807, 2.05) is 23.9 Å². The minimum atomic E-state index is -0.0319. The molecule has 2 aliphatic heterocycles. The van der Waals surface area contributed by atoms with Crippen molar-refractivity contribution in [1.82, 2.24) is 29.3 Å². The Hall–Kier alpha value is -2.55. The molecule has 2 aliphatic rings. The lowest BCUT2D eigenvalue weighted by Gasteiger charge is -2.26. The maximum atomic E-state index is 13.0. The molecule has 0 aliphatic carbocycles. The minimum absolute atomic E-state index is 0.0319. The molecule has 0 radical (unpaired) electrons. The smallest absolute Gasteiger partial charge is 0.268 e. The number of benzene rings is 1. The molecule has 162 valence electrons. The van der Waals surface area contributed by atoms with Crippen LogP contribution in [0, 0.1) is 6.92 Å². The lowest BCUT2D eigenvalue weighted by Crippen LogP contribution is -2.28.